The fourth-order valence-electron chi connectivity index (χ4n) is 1.19. The number of aryl methyl sites for hydroxylation is 1. The van der Waals surface area contributed by atoms with Gasteiger partial charge in [-0.1, -0.05) is 0 Å². The van der Waals surface area contributed by atoms with Crippen molar-refractivity contribution >= 4 is 22.5 Å². The maximum Gasteiger partial charge on any atom is 0.214 e. The highest BCUT2D eigenvalue weighted by Gasteiger charge is 2.09. The molecule has 0 bridgehead atoms. The largest absolute Gasteiger partial charge is 0.437 e. The second kappa shape index (κ2) is 2.14. The van der Waals surface area contributed by atoms with Crippen molar-refractivity contribution in [2.75, 3.05) is 11.5 Å². The molecule has 0 radical (unpaired) electrons. The standard InChI is InChI=1S/C8H9N3O/c1-4-7-5(2-3-11-4)6(9)8(10)12-7/h2-3H,9-10H2,1H3. The van der Waals surface area contributed by atoms with E-state index >= 15 is 0 Å². The Bertz CT molecular complexity index is 433. The lowest BCUT2D eigenvalue weighted by molar-refractivity contribution is 0.633. The second-order valence-electron chi connectivity index (χ2n) is 2.65. The first-order valence-electron chi connectivity index (χ1n) is 3.59. The third kappa shape index (κ3) is 0.747. The molecule has 0 atom stereocenters. The van der Waals surface area contributed by atoms with Crippen LogP contribution in [0.3, 0.4) is 0 Å². The molecule has 0 amide bonds. The van der Waals surface area contributed by atoms with Gasteiger partial charge < -0.3 is 15.9 Å². The Labute approximate surface area is 69.2 Å². The van der Waals surface area contributed by atoms with Crippen molar-refractivity contribution in [1.82, 2.24) is 4.98 Å². The van der Waals surface area contributed by atoms with Gasteiger partial charge in [0.05, 0.1) is 5.69 Å². The van der Waals surface area contributed by atoms with Gasteiger partial charge in [0.2, 0.25) is 5.88 Å². The van der Waals surface area contributed by atoms with E-state index in [1.54, 1.807) is 12.3 Å². The molecule has 0 aliphatic rings. The zero-order valence-electron chi connectivity index (χ0n) is 6.66. The van der Waals surface area contributed by atoms with Gasteiger partial charge in [-0.25, -0.2) is 0 Å². The fourth-order valence-corrected chi connectivity index (χ4v) is 1.19. The molecular weight excluding hydrogens is 154 g/mol. The van der Waals surface area contributed by atoms with Gasteiger partial charge in [-0.3, -0.25) is 4.98 Å². The van der Waals surface area contributed by atoms with Gasteiger partial charge >= 0.3 is 0 Å². The maximum absolute atomic E-state index is 5.66. The predicted molar refractivity (Wildman–Crippen MR) is 47.6 cm³/mol. The van der Waals surface area contributed by atoms with Crippen molar-refractivity contribution in [3.8, 4) is 0 Å². The summed E-state index contributed by atoms with van der Waals surface area (Å²) in [5.74, 6) is 0.265. The van der Waals surface area contributed by atoms with Gasteiger partial charge in [0.15, 0.2) is 5.58 Å². The molecule has 0 fully saturated rings. The molecule has 2 aromatic heterocycles. The Morgan fingerprint density at radius 3 is 2.83 bits per heavy atom. The highest BCUT2D eigenvalue weighted by atomic mass is 16.3. The monoisotopic (exact) mass is 163 g/mol. The van der Waals surface area contributed by atoms with Crippen LogP contribution in [0.25, 0.3) is 11.0 Å². The molecule has 2 rings (SSSR count). The first-order chi connectivity index (χ1) is 5.70. The number of nitrogen functional groups attached to an aromatic ring is 2. The molecule has 0 aromatic carbocycles. The van der Waals surface area contributed by atoms with E-state index in [1.165, 1.54) is 0 Å². The number of furan rings is 1. The summed E-state index contributed by atoms with van der Waals surface area (Å²) in [5.41, 5.74) is 13.1. The smallest absolute Gasteiger partial charge is 0.214 e. The van der Waals surface area contributed by atoms with Crippen LogP contribution in [0.15, 0.2) is 16.7 Å². The van der Waals surface area contributed by atoms with Crippen molar-refractivity contribution in [1.29, 1.82) is 0 Å². The Kier molecular flexibility index (Phi) is 1.24. The van der Waals surface area contributed by atoms with Crippen molar-refractivity contribution in [3.63, 3.8) is 0 Å². The van der Waals surface area contributed by atoms with Crippen LogP contribution >= 0.6 is 0 Å². The van der Waals surface area contributed by atoms with Gasteiger partial charge in [-0.15, -0.1) is 0 Å². The summed E-state index contributed by atoms with van der Waals surface area (Å²) in [6.07, 6.45) is 1.68. The Morgan fingerprint density at radius 2 is 2.17 bits per heavy atom. The minimum atomic E-state index is 0.265. The third-order valence-electron chi connectivity index (χ3n) is 1.85. The molecule has 62 valence electrons. The second-order valence-corrected chi connectivity index (χ2v) is 2.65. The zero-order chi connectivity index (χ0) is 8.72. The molecule has 2 heterocycles. The highest BCUT2D eigenvalue weighted by Crippen LogP contribution is 2.30. The summed E-state index contributed by atoms with van der Waals surface area (Å²) in [5, 5.41) is 0.833. The fraction of sp³-hybridized carbons (Fsp3) is 0.125. The molecule has 4 heteroatoms. The maximum atomic E-state index is 5.66. The van der Waals surface area contributed by atoms with Crippen molar-refractivity contribution in [2.24, 2.45) is 0 Å². The number of hydrogen-bond acceptors (Lipinski definition) is 4. The molecule has 2 aromatic rings. The average molecular weight is 163 g/mol. The molecule has 0 aliphatic carbocycles. The summed E-state index contributed by atoms with van der Waals surface area (Å²) >= 11 is 0. The van der Waals surface area contributed by atoms with Gasteiger partial charge in [0.25, 0.3) is 0 Å². The number of nitrogens with zero attached hydrogens (tertiary/aromatic N) is 1. The van der Waals surface area contributed by atoms with Gasteiger partial charge in [0.1, 0.15) is 5.69 Å². The van der Waals surface area contributed by atoms with Crippen LogP contribution in [0.4, 0.5) is 11.6 Å². The molecule has 12 heavy (non-hydrogen) atoms. The number of hydrogen-bond donors (Lipinski definition) is 2. The van der Waals surface area contributed by atoms with Crippen LogP contribution in [-0.4, -0.2) is 4.98 Å². The van der Waals surface area contributed by atoms with E-state index in [0.29, 0.717) is 11.3 Å². The zero-order valence-corrected chi connectivity index (χ0v) is 6.66. The summed E-state index contributed by atoms with van der Waals surface area (Å²) < 4.78 is 5.22. The van der Waals surface area contributed by atoms with Gasteiger partial charge in [-0.2, -0.15) is 0 Å². The number of anilines is 2. The van der Waals surface area contributed by atoms with Gasteiger partial charge in [0, 0.05) is 11.6 Å². The third-order valence-corrected chi connectivity index (χ3v) is 1.85. The lowest BCUT2D eigenvalue weighted by Gasteiger charge is -1.90. The summed E-state index contributed by atoms with van der Waals surface area (Å²) in [4.78, 5) is 4.06. The van der Waals surface area contributed by atoms with Crippen LogP contribution in [-0.2, 0) is 0 Å². The van der Waals surface area contributed by atoms with Crippen molar-refractivity contribution < 1.29 is 4.42 Å². The summed E-state index contributed by atoms with van der Waals surface area (Å²) in [6, 6.07) is 1.79. The number of rotatable bonds is 0. The van der Waals surface area contributed by atoms with Crippen LogP contribution in [0, 0.1) is 6.92 Å². The lowest BCUT2D eigenvalue weighted by Crippen LogP contribution is -1.88. The van der Waals surface area contributed by atoms with E-state index < -0.39 is 0 Å². The van der Waals surface area contributed by atoms with E-state index in [9.17, 15) is 0 Å². The quantitative estimate of drug-likeness (QED) is 0.613. The molecule has 0 aliphatic heterocycles. The van der Waals surface area contributed by atoms with E-state index in [0.717, 1.165) is 11.1 Å². The summed E-state index contributed by atoms with van der Waals surface area (Å²) in [7, 11) is 0. The SMILES string of the molecule is Cc1nccc2c(N)c(N)oc12. The van der Waals surface area contributed by atoms with Crippen LogP contribution in [0.5, 0.6) is 0 Å². The average Bonchev–Trinajstić information content (AvgIpc) is 2.32. The minimum absolute atomic E-state index is 0.265. The van der Waals surface area contributed by atoms with Crippen LogP contribution < -0.4 is 11.5 Å². The Morgan fingerprint density at radius 1 is 1.42 bits per heavy atom. The lowest BCUT2D eigenvalue weighted by atomic mass is 10.2. The van der Waals surface area contributed by atoms with Crippen LogP contribution in [0.2, 0.25) is 0 Å². The van der Waals surface area contributed by atoms with Crippen molar-refractivity contribution in [2.45, 2.75) is 6.92 Å². The molecule has 0 spiro atoms. The topological polar surface area (TPSA) is 78.1 Å². The van der Waals surface area contributed by atoms with Crippen molar-refractivity contribution in [3.05, 3.63) is 18.0 Å². The van der Waals surface area contributed by atoms with E-state index in [2.05, 4.69) is 4.98 Å². The Balaban J connectivity index is 2.95. The first-order valence-corrected chi connectivity index (χ1v) is 3.59. The normalized spacial score (nSPS) is 10.8. The number of pyridine rings is 1. The number of fused-ring (bicyclic) bond motifs is 1. The molecule has 4 N–H and O–H groups in total. The molecule has 0 unspecified atom stereocenters. The van der Waals surface area contributed by atoms with E-state index in [1.807, 2.05) is 6.92 Å². The number of aromatic nitrogens is 1. The molecular formula is C8H9N3O. The van der Waals surface area contributed by atoms with Gasteiger partial charge in [-0.05, 0) is 13.0 Å². The summed E-state index contributed by atoms with van der Waals surface area (Å²) in [6.45, 7) is 1.85. The number of nitrogens with two attached hydrogens (primary N) is 2. The Hall–Kier alpha value is -1.71. The highest BCUT2D eigenvalue weighted by molar-refractivity contribution is 5.95. The molecule has 0 saturated carbocycles. The van der Waals surface area contributed by atoms with E-state index in [4.69, 9.17) is 15.9 Å². The predicted octanol–water partition coefficient (Wildman–Crippen LogP) is 1.30. The molecule has 0 saturated heterocycles. The van der Waals surface area contributed by atoms with E-state index in [-0.39, 0.29) is 5.88 Å². The first kappa shape index (κ1) is 6.97. The van der Waals surface area contributed by atoms with Crippen LogP contribution in [0.1, 0.15) is 5.69 Å². The molecule has 4 nitrogen and oxygen atoms in total. The minimum Gasteiger partial charge on any atom is -0.437 e.